The summed E-state index contributed by atoms with van der Waals surface area (Å²) in [6.07, 6.45) is 4.55. The molecule has 0 saturated carbocycles. The smallest absolute Gasteiger partial charge is 0.356 e. The summed E-state index contributed by atoms with van der Waals surface area (Å²) in [5.41, 5.74) is 7.81. The summed E-state index contributed by atoms with van der Waals surface area (Å²) < 4.78 is 6.72. The van der Waals surface area contributed by atoms with Crippen molar-refractivity contribution in [1.29, 1.82) is 0 Å². The number of nitrogens with one attached hydrogen (secondary N) is 1. The topological polar surface area (TPSA) is 112 Å². The Morgan fingerprint density at radius 1 is 1.33 bits per heavy atom. The highest BCUT2D eigenvalue weighted by Crippen LogP contribution is 2.33. The van der Waals surface area contributed by atoms with Crippen LogP contribution in [0.15, 0.2) is 36.8 Å². The molecule has 0 aliphatic rings. The highest BCUT2D eigenvalue weighted by Gasteiger charge is 2.26. The number of nitrogens with zero attached hydrogens (tertiary/aromatic N) is 3. The third-order valence-corrected chi connectivity index (χ3v) is 4.01. The van der Waals surface area contributed by atoms with Gasteiger partial charge in [0.25, 0.3) is 5.91 Å². The van der Waals surface area contributed by atoms with E-state index in [-0.39, 0.29) is 17.5 Å². The van der Waals surface area contributed by atoms with E-state index in [1.165, 1.54) is 19.5 Å². The highest BCUT2D eigenvalue weighted by atomic mass is 16.5. The number of fused-ring (bicyclic) bond motifs is 1. The van der Waals surface area contributed by atoms with Crippen LogP contribution in [0.4, 0.5) is 11.4 Å². The molecule has 0 bridgehead atoms. The third-order valence-electron chi connectivity index (χ3n) is 4.01. The number of ether oxygens (including phenoxy) is 1. The van der Waals surface area contributed by atoms with Crippen molar-refractivity contribution in [2.75, 3.05) is 18.2 Å². The molecule has 3 heterocycles. The van der Waals surface area contributed by atoms with Crippen LogP contribution in [0, 0.1) is 5.92 Å². The molecule has 3 rings (SSSR count). The molecule has 3 aromatic rings. The van der Waals surface area contributed by atoms with Crippen molar-refractivity contribution in [3.05, 3.63) is 48.0 Å². The van der Waals surface area contributed by atoms with Crippen LogP contribution in [0.3, 0.4) is 0 Å². The van der Waals surface area contributed by atoms with E-state index < -0.39 is 5.97 Å². The van der Waals surface area contributed by atoms with E-state index in [1.807, 2.05) is 13.8 Å². The fraction of sp³-hybridized carbons (Fsp3) is 0.263. The minimum atomic E-state index is -0.561. The lowest BCUT2D eigenvalue weighted by Gasteiger charge is -2.12. The van der Waals surface area contributed by atoms with Crippen LogP contribution in [-0.2, 0) is 11.3 Å². The SMILES string of the molecule is COC(=O)c1c(NC(=O)c2cccnc2)c2cc(N)cnc2n1CC(C)C. The van der Waals surface area contributed by atoms with Crippen molar-refractivity contribution in [2.24, 2.45) is 5.92 Å². The first-order valence-corrected chi connectivity index (χ1v) is 8.49. The monoisotopic (exact) mass is 367 g/mol. The fourth-order valence-corrected chi connectivity index (χ4v) is 2.90. The molecule has 0 fully saturated rings. The maximum atomic E-state index is 12.7. The summed E-state index contributed by atoms with van der Waals surface area (Å²) >= 11 is 0. The zero-order valence-electron chi connectivity index (χ0n) is 15.4. The number of nitrogen functional groups attached to an aromatic ring is 1. The number of hydrogen-bond donors (Lipinski definition) is 2. The molecule has 0 atom stereocenters. The number of aromatic nitrogens is 3. The first kappa shape index (κ1) is 18.4. The number of nitrogens with two attached hydrogens (primary N) is 1. The molecule has 0 saturated heterocycles. The lowest BCUT2D eigenvalue weighted by atomic mass is 10.2. The minimum Gasteiger partial charge on any atom is -0.464 e. The lowest BCUT2D eigenvalue weighted by molar-refractivity contribution is 0.0589. The Kier molecular flexibility index (Phi) is 5.07. The van der Waals surface area contributed by atoms with Gasteiger partial charge in [0.05, 0.1) is 30.2 Å². The fourth-order valence-electron chi connectivity index (χ4n) is 2.90. The Bertz CT molecular complexity index is 995. The number of pyridine rings is 2. The quantitative estimate of drug-likeness (QED) is 0.671. The van der Waals surface area contributed by atoms with Gasteiger partial charge in [-0.25, -0.2) is 9.78 Å². The summed E-state index contributed by atoms with van der Waals surface area (Å²) in [5, 5.41) is 3.39. The van der Waals surface area contributed by atoms with Crippen molar-refractivity contribution < 1.29 is 14.3 Å². The molecular weight excluding hydrogens is 346 g/mol. The van der Waals surface area contributed by atoms with E-state index in [9.17, 15) is 9.59 Å². The molecule has 0 aliphatic heterocycles. The van der Waals surface area contributed by atoms with Gasteiger partial charge in [-0.3, -0.25) is 9.78 Å². The number of carbonyl (C=O) groups excluding carboxylic acids is 2. The van der Waals surface area contributed by atoms with Crippen molar-refractivity contribution in [2.45, 2.75) is 20.4 Å². The number of hydrogen-bond acceptors (Lipinski definition) is 6. The predicted octanol–water partition coefficient (Wildman–Crippen LogP) is 2.71. The summed E-state index contributed by atoms with van der Waals surface area (Å²) in [5.74, 6) is -0.710. The number of carbonyl (C=O) groups is 2. The molecule has 3 aromatic heterocycles. The second-order valence-corrected chi connectivity index (χ2v) is 6.56. The Hall–Kier alpha value is -3.42. The highest BCUT2D eigenvalue weighted by molar-refractivity contribution is 6.14. The van der Waals surface area contributed by atoms with Gasteiger partial charge in [-0.05, 0) is 24.1 Å². The van der Waals surface area contributed by atoms with Crippen LogP contribution < -0.4 is 11.1 Å². The molecular formula is C19H21N5O3. The van der Waals surface area contributed by atoms with Crippen LogP contribution >= 0.6 is 0 Å². The van der Waals surface area contributed by atoms with Gasteiger partial charge in [0.2, 0.25) is 0 Å². The average Bonchev–Trinajstić information content (AvgIpc) is 2.94. The number of anilines is 2. The lowest BCUT2D eigenvalue weighted by Crippen LogP contribution is -2.18. The van der Waals surface area contributed by atoms with E-state index >= 15 is 0 Å². The van der Waals surface area contributed by atoms with Crippen LogP contribution in [0.5, 0.6) is 0 Å². The summed E-state index contributed by atoms with van der Waals surface area (Å²) in [6, 6.07) is 4.99. The van der Waals surface area contributed by atoms with E-state index in [0.717, 1.165) is 0 Å². The van der Waals surface area contributed by atoms with Gasteiger partial charge in [0.1, 0.15) is 5.65 Å². The summed E-state index contributed by atoms with van der Waals surface area (Å²) in [6.45, 7) is 4.58. The molecule has 0 radical (unpaired) electrons. The number of rotatable bonds is 5. The second-order valence-electron chi connectivity index (χ2n) is 6.56. The molecule has 140 valence electrons. The number of esters is 1. The largest absolute Gasteiger partial charge is 0.464 e. The predicted molar refractivity (Wildman–Crippen MR) is 103 cm³/mol. The molecule has 3 N–H and O–H groups in total. The van der Waals surface area contributed by atoms with Crippen molar-refractivity contribution in [1.82, 2.24) is 14.5 Å². The molecule has 0 aromatic carbocycles. The van der Waals surface area contributed by atoms with Crippen LogP contribution in [0.2, 0.25) is 0 Å². The van der Waals surface area contributed by atoms with Gasteiger partial charge in [-0.2, -0.15) is 0 Å². The second kappa shape index (κ2) is 7.45. The van der Waals surface area contributed by atoms with Crippen molar-refractivity contribution >= 4 is 34.3 Å². The van der Waals surface area contributed by atoms with Gasteiger partial charge >= 0.3 is 5.97 Å². The Morgan fingerprint density at radius 3 is 2.74 bits per heavy atom. The Labute approximate surface area is 156 Å². The van der Waals surface area contributed by atoms with Crippen molar-refractivity contribution in [3.8, 4) is 0 Å². The normalized spacial score (nSPS) is 11.0. The summed E-state index contributed by atoms with van der Waals surface area (Å²) in [7, 11) is 1.30. The van der Waals surface area contributed by atoms with Gasteiger partial charge in [0.15, 0.2) is 5.69 Å². The van der Waals surface area contributed by atoms with Crippen molar-refractivity contribution in [3.63, 3.8) is 0 Å². The molecule has 27 heavy (non-hydrogen) atoms. The third kappa shape index (κ3) is 3.59. The molecule has 1 amide bonds. The maximum Gasteiger partial charge on any atom is 0.356 e. The first-order valence-electron chi connectivity index (χ1n) is 8.49. The zero-order valence-corrected chi connectivity index (χ0v) is 15.4. The number of amides is 1. The summed E-state index contributed by atoms with van der Waals surface area (Å²) in [4.78, 5) is 33.5. The molecule has 0 unspecified atom stereocenters. The van der Waals surface area contributed by atoms with E-state index in [0.29, 0.717) is 34.5 Å². The van der Waals surface area contributed by atoms with E-state index in [4.69, 9.17) is 10.5 Å². The first-order chi connectivity index (χ1) is 12.9. The van der Waals surface area contributed by atoms with E-state index in [2.05, 4.69) is 15.3 Å². The van der Waals surface area contributed by atoms with Gasteiger partial charge in [-0.15, -0.1) is 0 Å². The number of methoxy groups -OCH3 is 1. The molecule has 0 aliphatic carbocycles. The Morgan fingerprint density at radius 2 is 2.11 bits per heavy atom. The van der Waals surface area contributed by atoms with Crippen LogP contribution in [0.25, 0.3) is 11.0 Å². The molecule has 0 spiro atoms. The van der Waals surface area contributed by atoms with Gasteiger partial charge in [-0.1, -0.05) is 13.8 Å². The van der Waals surface area contributed by atoms with Gasteiger partial charge in [0, 0.05) is 24.3 Å². The molecule has 8 nitrogen and oxygen atoms in total. The van der Waals surface area contributed by atoms with Crippen LogP contribution in [0.1, 0.15) is 34.7 Å². The van der Waals surface area contributed by atoms with Crippen LogP contribution in [-0.4, -0.2) is 33.5 Å². The maximum absolute atomic E-state index is 12.7. The average molecular weight is 367 g/mol. The standard InChI is InChI=1S/C19H21N5O3/c1-11(2)10-24-16(19(26)27-3)15(14-7-13(20)9-22-17(14)24)23-18(25)12-5-4-6-21-8-12/h4-9,11H,10,20H2,1-3H3,(H,23,25). The minimum absolute atomic E-state index is 0.233. The van der Waals surface area contributed by atoms with Gasteiger partial charge < -0.3 is 20.4 Å². The zero-order chi connectivity index (χ0) is 19.6. The molecule has 8 heteroatoms. The Balaban J connectivity index is 2.21. The van der Waals surface area contributed by atoms with E-state index in [1.54, 1.807) is 29.0 Å².